The molecule has 0 saturated carbocycles. The molecule has 2 rings (SSSR count). The maximum Gasteiger partial charge on any atom is 0.243 e. The Morgan fingerprint density at radius 1 is 1.33 bits per heavy atom. The van der Waals surface area contributed by atoms with E-state index >= 15 is 0 Å². The Morgan fingerprint density at radius 3 is 2.70 bits per heavy atom. The maximum absolute atomic E-state index is 11.8. The minimum Gasteiger partial charge on any atom is -0.443 e. The molecule has 0 aliphatic rings. The first-order chi connectivity index (χ1) is 12.8. The number of amides is 1. The van der Waals surface area contributed by atoms with Gasteiger partial charge in [0.1, 0.15) is 12.3 Å². The highest BCUT2D eigenvalue weighted by Gasteiger charge is 2.19. The molecule has 148 valence electrons. The van der Waals surface area contributed by atoms with Crippen LogP contribution in [0.15, 0.2) is 33.1 Å². The van der Waals surface area contributed by atoms with E-state index in [0.717, 1.165) is 18.7 Å². The van der Waals surface area contributed by atoms with Gasteiger partial charge in [0.05, 0.1) is 12.7 Å². The van der Waals surface area contributed by atoms with Gasteiger partial charge in [-0.2, -0.15) is 0 Å². The van der Waals surface area contributed by atoms with E-state index in [4.69, 9.17) is 4.42 Å². The van der Waals surface area contributed by atoms with Gasteiger partial charge in [-0.25, -0.2) is 9.98 Å². The van der Waals surface area contributed by atoms with Crippen molar-refractivity contribution in [2.24, 2.45) is 4.99 Å². The van der Waals surface area contributed by atoms with Crippen LogP contribution < -0.4 is 10.6 Å². The molecule has 0 unspecified atom stereocenters. The van der Waals surface area contributed by atoms with Crippen molar-refractivity contribution in [1.82, 2.24) is 20.5 Å². The molecule has 8 heteroatoms. The zero-order valence-corrected chi connectivity index (χ0v) is 17.5. The van der Waals surface area contributed by atoms with Gasteiger partial charge in [0.25, 0.3) is 0 Å². The number of guanidine groups is 1. The first-order valence-electron chi connectivity index (χ1n) is 8.95. The van der Waals surface area contributed by atoms with Crippen molar-refractivity contribution in [3.05, 3.63) is 40.2 Å². The number of oxazole rings is 1. The maximum atomic E-state index is 11.8. The molecule has 2 N–H and O–H groups in total. The van der Waals surface area contributed by atoms with Crippen molar-refractivity contribution in [3.63, 3.8) is 0 Å². The summed E-state index contributed by atoms with van der Waals surface area (Å²) in [6.07, 6.45) is 2.65. The zero-order chi connectivity index (χ0) is 19.9. The lowest BCUT2D eigenvalue weighted by molar-refractivity contribution is -0.127. The van der Waals surface area contributed by atoms with Crippen LogP contribution in [0.5, 0.6) is 0 Å². The number of carbonyl (C=O) groups excluding carboxylic acids is 1. The number of aliphatic imine (C=N–C) groups is 1. The molecule has 0 aromatic carbocycles. The van der Waals surface area contributed by atoms with Crippen LogP contribution in [0.1, 0.15) is 37.3 Å². The van der Waals surface area contributed by atoms with E-state index in [-0.39, 0.29) is 17.9 Å². The molecule has 0 atom stereocenters. The number of rotatable bonds is 7. The summed E-state index contributed by atoms with van der Waals surface area (Å²) >= 11 is 1.73. The van der Waals surface area contributed by atoms with Crippen LogP contribution in [-0.2, 0) is 23.2 Å². The molecule has 0 spiro atoms. The number of nitrogens with zero attached hydrogens (tertiary/aromatic N) is 3. The van der Waals surface area contributed by atoms with E-state index in [1.165, 1.54) is 9.78 Å². The molecule has 7 nitrogen and oxygen atoms in total. The Kier molecular flexibility index (Phi) is 7.41. The molecule has 0 fully saturated rings. The summed E-state index contributed by atoms with van der Waals surface area (Å²) in [6.45, 7) is 7.45. The van der Waals surface area contributed by atoms with Crippen LogP contribution in [0.4, 0.5) is 0 Å². The normalized spacial score (nSPS) is 12.1. The lowest BCUT2D eigenvalue weighted by Gasteiger charge is -2.14. The van der Waals surface area contributed by atoms with Gasteiger partial charge in [0.2, 0.25) is 11.8 Å². The summed E-state index contributed by atoms with van der Waals surface area (Å²) in [5.41, 5.74) is -0.0841. The van der Waals surface area contributed by atoms with Gasteiger partial charge in [-0.3, -0.25) is 4.79 Å². The fourth-order valence-corrected chi connectivity index (χ4v) is 2.83. The second-order valence-corrected chi connectivity index (χ2v) is 8.46. The van der Waals surface area contributed by atoms with Crippen molar-refractivity contribution >= 4 is 23.2 Å². The third kappa shape index (κ3) is 7.05. The third-order valence-electron chi connectivity index (χ3n) is 3.82. The molecule has 27 heavy (non-hydrogen) atoms. The Balaban J connectivity index is 1.94. The standard InChI is InChI=1S/C19H29N5O2S/c1-19(2,3)15-11-21-16(26-15)12-22-18(23-13-17(25)24(4)5)20-9-8-14-7-6-10-27-14/h6-7,10-11H,8-9,12-13H2,1-5H3,(H2,20,22,23). The van der Waals surface area contributed by atoms with Crippen LogP contribution in [0, 0.1) is 0 Å². The van der Waals surface area contributed by atoms with Crippen molar-refractivity contribution in [2.75, 3.05) is 27.2 Å². The van der Waals surface area contributed by atoms with E-state index in [0.29, 0.717) is 18.4 Å². The van der Waals surface area contributed by atoms with Crippen molar-refractivity contribution in [3.8, 4) is 0 Å². The first-order valence-corrected chi connectivity index (χ1v) is 9.83. The lowest BCUT2D eigenvalue weighted by Crippen LogP contribution is -2.39. The van der Waals surface area contributed by atoms with Crippen molar-refractivity contribution in [1.29, 1.82) is 0 Å². The SMILES string of the molecule is CN(C)C(=O)CN=C(NCCc1cccs1)NCc1ncc(C(C)(C)C)o1. The monoisotopic (exact) mass is 391 g/mol. The van der Waals surface area contributed by atoms with Crippen LogP contribution in [-0.4, -0.2) is 48.9 Å². The highest BCUT2D eigenvalue weighted by atomic mass is 32.1. The van der Waals surface area contributed by atoms with Gasteiger partial charge in [-0.05, 0) is 17.9 Å². The Bertz CT molecular complexity index is 744. The number of likely N-dealkylation sites (N-methyl/N-ethyl adjacent to an activating group) is 1. The molecule has 0 radical (unpaired) electrons. The summed E-state index contributed by atoms with van der Waals surface area (Å²) in [5, 5.41) is 8.52. The fourth-order valence-electron chi connectivity index (χ4n) is 2.12. The smallest absolute Gasteiger partial charge is 0.243 e. The average molecular weight is 392 g/mol. The summed E-state index contributed by atoms with van der Waals surface area (Å²) < 4.78 is 5.80. The first kappa shape index (κ1) is 21.0. The van der Waals surface area contributed by atoms with Crippen molar-refractivity contribution in [2.45, 2.75) is 39.2 Å². The topological polar surface area (TPSA) is 82.8 Å². The number of thiophene rings is 1. The van der Waals surface area contributed by atoms with Gasteiger partial charge in [0, 0.05) is 30.9 Å². The molecular weight excluding hydrogens is 362 g/mol. The Morgan fingerprint density at radius 2 is 2.11 bits per heavy atom. The van der Waals surface area contributed by atoms with Gasteiger partial charge in [0.15, 0.2) is 5.96 Å². The van der Waals surface area contributed by atoms with E-state index in [9.17, 15) is 4.79 Å². The average Bonchev–Trinajstić information content (AvgIpc) is 3.27. The molecule has 2 aromatic rings. The largest absolute Gasteiger partial charge is 0.443 e. The summed E-state index contributed by atoms with van der Waals surface area (Å²) in [4.78, 5) is 23.3. The third-order valence-corrected chi connectivity index (χ3v) is 4.75. The molecule has 1 amide bonds. The number of hydrogen-bond acceptors (Lipinski definition) is 5. The van der Waals surface area contributed by atoms with Crippen LogP contribution >= 0.6 is 11.3 Å². The Hall–Kier alpha value is -2.35. The van der Waals surface area contributed by atoms with E-state index in [2.05, 4.69) is 52.8 Å². The van der Waals surface area contributed by atoms with Crippen LogP contribution in [0.3, 0.4) is 0 Å². The molecule has 0 bridgehead atoms. The fraction of sp³-hybridized carbons (Fsp3) is 0.526. The highest BCUT2D eigenvalue weighted by Crippen LogP contribution is 2.22. The molecule has 2 heterocycles. The van der Waals surface area contributed by atoms with Crippen LogP contribution in [0.2, 0.25) is 0 Å². The molecule has 0 saturated heterocycles. The van der Waals surface area contributed by atoms with Gasteiger partial charge in [-0.15, -0.1) is 11.3 Å². The molecule has 0 aliphatic heterocycles. The number of aromatic nitrogens is 1. The minimum atomic E-state index is -0.0841. The number of nitrogens with one attached hydrogen (secondary N) is 2. The van der Waals surface area contributed by atoms with E-state index < -0.39 is 0 Å². The van der Waals surface area contributed by atoms with E-state index in [1.807, 2.05) is 6.07 Å². The lowest BCUT2D eigenvalue weighted by atomic mass is 9.94. The summed E-state index contributed by atoms with van der Waals surface area (Å²) in [7, 11) is 3.44. The minimum absolute atomic E-state index is 0.0551. The molecule has 2 aromatic heterocycles. The summed E-state index contributed by atoms with van der Waals surface area (Å²) in [5.74, 6) is 1.94. The molecule has 0 aliphatic carbocycles. The molecular formula is C19H29N5O2S. The second-order valence-electron chi connectivity index (χ2n) is 7.43. The van der Waals surface area contributed by atoms with E-state index in [1.54, 1.807) is 31.6 Å². The second kappa shape index (κ2) is 9.55. The highest BCUT2D eigenvalue weighted by molar-refractivity contribution is 7.09. The van der Waals surface area contributed by atoms with Crippen LogP contribution in [0.25, 0.3) is 0 Å². The van der Waals surface area contributed by atoms with Gasteiger partial charge in [-0.1, -0.05) is 26.8 Å². The predicted molar refractivity (Wildman–Crippen MR) is 109 cm³/mol. The number of hydrogen-bond donors (Lipinski definition) is 2. The summed E-state index contributed by atoms with van der Waals surface area (Å²) in [6, 6.07) is 4.14. The quantitative estimate of drug-likeness (QED) is 0.559. The number of carbonyl (C=O) groups is 1. The van der Waals surface area contributed by atoms with Gasteiger partial charge < -0.3 is 20.0 Å². The van der Waals surface area contributed by atoms with Gasteiger partial charge >= 0.3 is 0 Å². The predicted octanol–water partition coefficient (Wildman–Crippen LogP) is 2.40. The van der Waals surface area contributed by atoms with Crippen molar-refractivity contribution < 1.29 is 9.21 Å². The Labute approximate surface area is 164 Å². The zero-order valence-electron chi connectivity index (χ0n) is 16.7.